The molecule has 2 aromatic heterocycles. The summed E-state index contributed by atoms with van der Waals surface area (Å²) in [6, 6.07) is 15.8. The van der Waals surface area contributed by atoms with Gasteiger partial charge in [0.05, 0.1) is 26.1 Å². The highest BCUT2D eigenvalue weighted by Gasteiger charge is 2.22. The maximum atomic E-state index is 13.3. The number of ketones is 1. The molecule has 0 radical (unpaired) electrons. The van der Waals surface area contributed by atoms with Crippen molar-refractivity contribution in [2.75, 3.05) is 14.2 Å². The number of allylic oxidation sites excluding steroid dienone is 1. The van der Waals surface area contributed by atoms with Gasteiger partial charge in [0.25, 0.3) is 0 Å². The predicted octanol–water partition coefficient (Wildman–Crippen LogP) is 4.86. The molecule has 28 heavy (non-hydrogen) atoms. The van der Waals surface area contributed by atoms with E-state index in [1.807, 2.05) is 18.2 Å². The van der Waals surface area contributed by atoms with E-state index < -0.39 is 0 Å². The second-order valence-corrected chi connectivity index (χ2v) is 5.96. The summed E-state index contributed by atoms with van der Waals surface area (Å²) < 4.78 is 21.8. The van der Waals surface area contributed by atoms with Gasteiger partial charge in [-0.05, 0) is 48.5 Å². The number of furan rings is 1. The SMILES string of the molecule is COc1ccc(C(=O)C(=Cc2ccco2)c2nc3ccccc3o2)cc1OC. The number of Topliss-reactive ketones (excluding diaryl/α,β-unsaturated/α-hetero) is 1. The summed E-state index contributed by atoms with van der Waals surface area (Å²) >= 11 is 0. The summed E-state index contributed by atoms with van der Waals surface area (Å²) in [5.74, 6) is 1.47. The standard InChI is InChI=1S/C22H17NO5/c1-25-19-10-9-14(12-20(19)26-2)21(24)16(13-15-6-5-11-27-15)22-23-17-7-3-4-8-18(17)28-22/h3-13H,1-2H3. The summed E-state index contributed by atoms with van der Waals surface area (Å²) in [7, 11) is 3.06. The number of hydrogen-bond acceptors (Lipinski definition) is 6. The van der Waals surface area contributed by atoms with Gasteiger partial charge in [0.2, 0.25) is 5.89 Å². The first-order valence-electron chi connectivity index (χ1n) is 8.57. The van der Waals surface area contributed by atoms with Crippen LogP contribution in [-0.2, 0) is 0 Å². The molecule has 140 valence electrons. The zero-order chi connectivity index (χ0) is 19.5. The van der Waals surface area contributed by atoms with Crippen molar-refractivity contribution in [2.24, 2.45) is 0 Å². The minimum Gasteiger partial charge on any atom is -0.493 e. The summed E-state index contributed by atoms with van der Waals surface area (Å²) in [6.07, 6.45) is 3.15. The maximum Gasteiger partial charge on any atom is 0.231 e. The zero-order valence-electron chi connectivity index (χ0n) is 15.3. The number of oxazole rings is 1. The average Bonchev–Trinajstić information content (AvgIpc) is 3.40. The molecule has 0 unspecified atom stereocenters. The maximum absolute atomic E-state index is 13.3. The second kappa shape index (κ2) is 7.44. The molecule has 0 aliphatic heterocycles. The Balaban J connectivity index is 1.83. The van der Waals surface area contributed by atoms with E-state index in [9.17, 15) is 4.79 Å². The van der Waals surface area contributed by atoms with Crippen LogP contribution in [0, 0.1) is 0 Å². The normalized spacial score (nSPS) is 11.6. The van der Waals surface area contributed by atoms with Gasteiger partial charge >= 0.3 is 0 Å². The molecule has 0 fully saturated rings. The van der Waals surface area contributed by atoms with Crippen LogP contribution in [0.4, 0.5) is 0 Å². The monoisotopic (exact) mass is 375 g/mol. The first-order chi connectivity index (χ1) is 13.7. The minimum atomic E-state index is -0.274. The molecular weight excluding hydrogens is 358 g/mol. The fourth-order valence-electron chi connectivity index (χ4n) is 2.86. The molecule has 0 atom stereocenters. The summed E-state index contributed by atoms with van der Waals surface area (Å²) in [4.78, 5) is 17.8. The van der Waals surface area contributed by atoms with Crippen molar-refractivity contribution in [3.05, 3.63) is 78.1 Å². The lowest BCUT2D eigenvalue weighted by Crippen LogP contribution is -2.04. The average molecular weight is 375 g/mol. The highest BCUT2D eigenvalue weighted by Crippen LogP contribution is 2.31. The Hall–Kier alpha value is -3.80. The number of para-hydroxylation sites is 2. The number of carbonyl (C=O) groups excluding carboxylic acids is 1. The van der Waals surface area contributed by atoms with Gasteiger partial charge in [-0.15, -0.1) is 0 Å². The van der Waals surface area contributed by atoms with Crippen molar-refractivity contribution in [1.29, 1.82) is 0 Å². The van der Waals surface area contributed by atoms with Crippen LogP contribution in [0.2, 0.25) is 0 Å². The minimum absolute atomic E-state index is 0.220. The Labute approximate surface area is 161 Å². The van der Waals surface area contributed by atoms with Gasteiger partial charge in [0.1, 0.15) is 11.3 Å². The van der Waals surface area contributed by atoms with E-state index in [-0.39, 0.29) is 17.2 Å². The molecule has 0 N–H and O–H groups in total. The lowest BCUT2D eigenvalue weighted by molar-refractivity contribution is 0.105. The molecule has 2 heterocycles. The Morgan fingerprint density at radius 2 is 1.82 bits per heavy atom. The fourth-order valence-corrected chi connectivity index (χ4v) is 2.86. The number of carbonyl (C=O) groups is 1. The number of nitrogens with zero attached hydrogens (tertiary/aromatic N) is 1. The third-order valence-electron chi connectivity index (χ3n) is 4.24. The summed E-state index contributed by atoms with van der Waals surface area (Å²) in [5, 5.41) is 0. The fraction of sp³-hybridized carbons (Fsp3) is 0.0909. The predicted molar refractivity (Wildman–Crippen MR) is 104 cm³/mol. The van der Waals surface area contributed by atoms with Crippen molar-refractivity contribution in [3.63, 3.8) is 0 Å². The van der Waals surface area contributed by atoms with Gasteiger partial charge in [-0.3, -0.25) is 4.79 Å². The van der Waals surface area contributed by atoms with Gasteiger partial charge in [0.15, 0.2) is 22.9 Å². The van der Waals surface area contributed by atoms with Gasteiger partial charge in [-0.2, -0.15) is 0 Å². The van der Waals surface area contributed by atoms with Crippen molar-refractivity contribution in [1.82, 2.24) is 4.98 Å². The lowest BCUT2D eigenvalue weighted by atomic mass is 10.0. The van der Waals surface area contributed by atoms with Gasteiger partial charge in [-0.1, -0.05) is 12.1 Å². The van der Waals surface area contributed by atoms with E-state index in [1.54, 1.807) is 49.6 Å². The van der Waals surface area contributed by atoms with E-state index in [1.165, 1.54) is 13.4 Å². The van der Waals surface area contributed by atoms with Crippen molar-refractivity contribution >= 4 is 28.5 Å². The summed E-state index contributed by atoms with van der Waals surface area (Å²) in [5.41, 5.74) is 1.96. The third kappa shape index (κ3) is 3.27. The zero-order valence-corrected chi connectivity index (χ0v) is 15.3. The molecule has 4 aromatic rings. The quantitative estimate of drug-likeness (QED) is 0.354. The largest absolute Gasteiger partial charge is 0.493 e. The van der Waals surface area contributed by atoms with Crippen molar-refractivity contribution < 1.29 is 23.1 Å². The highest BCUT2D eigenvalue weighted by molar-refractivity contribution is 6.31. The number of hydrogen-bond donors (Lipinski definition) is 0. The molecule has 4 rings (SSSR count). The number of ether oxygens (including phenoxy) is 2. The molecular formula is C22H17NO5. The van der Waals surface area contributed by atoms with E-state index >= 15 is 0 Å². The van der Waals surface area contributed by atoms with E-state index in [0.717, 1.165) is 0 Å². The molecule has 0 saturated carbocycles. The molecule has 6 nitrogen and oxygen atoms in total. The smallest absolute Gasteiger partial charge is 0.231 e. The Kier molecular flexibility index (Phi) is 4.68. The van der Waals surface area contributed by atoms with Crippen LogP contribution in [0.3, 0.4) is 0 Å². The van der Waals surface area contributed by atoms with Crippen LogP contribution < -0.4 is 9.47 Å². The van der Waals surface area contributed by atoms with Gasteiger partial charge in [0, 0.05) is 5.56 Å². The number of methoxy groups -OCH3 is 2. The first kappa shape index (κ1) is 17.6. The van der Waals surface area contributed by atoms with Crippen LogP contribution in [0.5, 0.6) is 11.5 Å². The summed E-state index contributed by atoms with van der Waals surface area (Å²) in [6.45, 7) is 0. The number of rotatable bonds is 6. The van der Waals surface area contributed by atoms with Crippen molar-refractivity contribution in [2.45, 2.75) is 0 Å². The molecule has 0 amide bonds. The molecule has 0 aliphatic rings. The number of aromatic nitrogens is 1. The molecule has 6 heteroatoms. The van der Waals surface area contributed by atoms with E-state index in [2.05, 4.69) is 4.98 Å². The van der Waals surface area contributed by atoms with Gasteiger partial charge < -0.3 is 18.3 Å². The molecule has 0 bridgehead atoms. The molecule has 0 saturated heterocycles. The topological polar surface area (TPSA) is 74.7 Å². The van der Waals surface area contributed by atoms with Crippen LogP contribution >= 0.6 is 0 Å². The Bertz CT molecular complexity index is 1120. The Morgan fingerprint density at radius 1 is 1.00 bits per heavy atom. The number of fused-ring (bicyclic) bond motifs is 1. The van der Waals surface area contributed by atoms with Crippen LogP contribution in [0.15, 0.2) is 69.7 Å². The van der Waals surface area contributed by atoms with Crippen LogP contribution in [-0.4, -0.2) is 25.0 Å². The Morgan fingerprint density at radius 3 is 2.54 bits per heavy atom. The third-order valence-corrected chi connectivity index (χ3v) is 4.24. The number of benzene rings is 2. The first-order valence-corrected chi connectivity index (χ1v) is 8.57. The van der Waals surface area contributed by atoms with Crippen LogP contribution in [0.25, 0.3) is 22.7 Å². The van der Waals surface area contributed by atoms with Gasteiger partial charge in [-0.25, -0.2) is 4.98 Å². The van der Waals surface area contributed by atoms with E-state index in [4.69, 9.17) is 18.3 Å². The highest BCUT2D eigenvalue weighted by atomic mass is 16.5. The molecule has 0 spiro atoms. The van der Waals surface area contributed by atoms with E-state index in [0.29, 0.717) is 33.9 Å². The lowest BCUT2D eigenvalue weighted by Gasteiger charge is -2.09. The second-order valence-electron chi connectivity index (χ2n) is 5.96. The molecule has 2 aromatic carbocycles. The van der Waals surface area contributed by atoms with Crippen molar-refractivity contribution in [3.8, 4) is 11.5 Å². The molecule has 0 aliphatic carbocycles. The van der Waals surface area contributed by atoms with Crippen LogP contribution in [0.1, 0.15) is 22.0 Å².